The summed E-state index contributed by atoms with van der Waals surface area (Å²) in [6.07, 6.45) is 2.39. The highest BCUT2D eigenvalue weighted by atomic mass is 79.9. The van der Waals surface area contributed by atoms with Gasteiger partial charge < -0.3 is 27.2 Å². The number of hydrogen-bond donors (Lipinski definition) is 1. The summed E-state index contributed by atoms with van der Waals surface area (Å²) in [6, 6.07) is 0. The van der Waals surface area contributed by atoms with Crippen LogP contribution in [-0.2, 0) is 0 Å². The molecule has 3 heterocycles. The van der Waals surface area contributed by atoms with Gasteiger partial charge in [0.1, 0.15) is 4.95 Å². The van der Waals surface area contributed by atoms with Gasteiger partial charge in [-0.2, -0.15) is 0 Å². The summed E-state index contributed by atoms with van der Waals surface area (Å²) in [5.74, 6) is 0. The van der Waals surface area contributed by atoms with Gasteiger partial charge in [-0.1, -0.05) is 0 Å². The number of halogens is 2. The maximum atomic E-state index is 5.56. The zero-order valence-corrected chi connectivity index (χ0v) is 12.3. The Labute approximate surface area is 111 Å². The van der Waals surface area contributed by atoms with Crippen LogP contribution >= 0.6 is 15.9 Å². The van der Waals surface area contributed by atoms with Crippen molar-refractivity contribution in [1.29, 1.82) is 0 Å². The Bertz CT molecular complexity index is 179. The first-order valence-corrected chi connectivity index (χ1v) is 6.61. The van der Waals surface area contributed by atoms with Gasteiger partial charge in [-0.3, -0.25) is 4.90 Å². The molecule has 0 saturated carbocycles. The summed E-state index contributed by atoms with van der Waals surface area (Å²) in [5, 5.41) is 0. The first kappa shape index (κ1) is 13.9. The Morgan fingerprint density at radius 1 is 1.20 bits per heavy atom. The minimum absolute atomic E-state index is 0. The van der Waals surface area contributed by atoms with Gasteiger partial charge in [0, 0.05) is 26.1 Å². The zero-order valence-electron chi connectivity index (χ0n) is 9.17. The first-order valence-electron chi connectivity index (χ1n) is 5.69. The minimum Gasteiger partial charge on any atom is -1.00 e. The summed E-state index contributed by atoms with van der Waals surface area (Å²) in [6.45, 7) is 8.72. The van der Waals surface area contributed by atoms with Gasteiger partial charge in [0.15, 0.2) is 0 Å². The SMILES string of the molecule is NCCCC(Br)[N+]12CCN(CC1)CC2.[Br-]. The first-order chi connectivity index (χ1) is 6.77. The van der Waals surface area contributed by atoms with Gasteiger partial charge in [0.05, 0.1) is 19.6 Å². The van der Waals surface area contributed by atoms with Crippen LogP contribution in [0.5, 0.6) is 0 Å². The van der Waals surface area contributed by atoms with Gasteiger partial charge >= 0.3 is 0 Å². The summed E-state index contributed by atoms with van der Waals surface area (Å²) in [7, 11) is 0. The summed E-state index contributed by atoms with van der Waals surface area (Å²) < 4.78 is 1.30. The quantitative estimate of drug-likeness (QED) is 0.350. The third kappa shape index (κ3) is 2.94. The van der Waals surface area contributed by atoms with Crippen molar-refractivity contribution in [3.8, 4) is 0 Å². The Morgan fingerprint density at radius 2 is 1.73 bits per heavy atom. The molecule has 2 N–H and O–H groups in total. The molecule has 90 valence electrons. The van der Waals surface area contributed by atoms with Crippen molar-refractivity contribution in [1.82, 2.24) is 4.90 Å². The van der Waals surface area contributed by atoms with Crippen molar-refractivity contribution in [3.63, 3.8) is 0 Å². The third-order valence-corrected chi connectivity index (χ3v) is 5.15. The predicted octanol–water partition coefficient (Wildman–Crippen LogP) is -2.40. The number of rotatable bonds is 4. The molecular formula is C10H21Br2N3. The number of quaternary nitrogens is 1. The Balaban J connectivity index is 0.00000112. The van der Waals surface area contributed by atoms with Crippen molar-refractivity contribution >= 4 is 15.9 Å². The standard InChI is InChI=1S/C10H21BrN3.BrH/c11-10(2-1-3-12)14-7-4-13(5-8-14)6-9-14;/h10H,1-9,12H2;1H/q+1;/p-1. The van der Waals surface area contributed by atoms with Crippen LogP contribution in [0.1, 0.15) is 12.8 Å². The average molecular weight is 343 g/mol. The topological polar surface area (TPSA) is 29.3 Å². The van der Waals surface area contributed by atoms with Crippen LogP contribution < -0.4 is 22.7 Å². The maximum Gasteiger partial charge on any atom is 0.144 e. The van der Waals surface area contributed by atoms with Crippen LogP contribution in [0.15, 0.2) is 0 Å². The average Bonchev–Trinajstić information content (AvgIpc) is 2.28. The lowest BCUT2D eigenvalue weighted by molar-refractivity contribution is -0.948. The molecule has 3 aliphatic rings. The summed E-state index contributed by atoms with van der Waals surface area (Å²) >= 11 is 3.88. The maximum absolute atomic E-state index is 5.56. The summed E-state index contributed by atoms with van der Waals surface area (Å²) in [5.41, 5.74) is 5.56. The molecular weight excluding hydrogens is 322 g/mol. The number of nitrogens with two attached hydrogens (primary N) is 1. The predicted molar refractivity (Wildman–Crippen MR) is 62.3 cm³/mol. The van der Waals surface area contributed by atoms with Gasteiger partial charge in [0.25, 0.3) is 0 Å². The van der Waals surface area contributed by atoms with Crippen LogP contribution in [0.3, 0.4) is 0 Å². The van der Waals surface area contributed by atoms with Gasteiger partial charge in [0.2, 0.25) is 0 Å². The van der Waals surface area contributed by atoms with E-state index in [1.165, 1.54) is 50.2 Å². The largest absolute Gasteiger partial charge is 1.00 e. The fraction of sp³-hybridized carbons (Fsp3) is 1.00. The number of nitrogens with zero attached hydrogens (tertiary/aromatic N) is 2. The fourth-order valence-electron chi connectivity index (χ4n) is 2.67. The normalized spacial score (nSPS) is 36.0. The number of fused-ring (bicyclic) bond motifs is 3. The second-order valence-corrected chi connectivity index (χ2v) is 5.65. The van der Waals surface area contributed by atoms with Crippen LogP contribution in [0.25, 0.3) is 0 Å². The molecule has 3 rings (SSSR count). The van der Waals surface area contributed by atoms with Crippen molar-refractivity contribution in [2.45, 2.75) is 17.8 Å². The van der Waals surface area contributed by atoms with Gasteiger partial charge in [-0.15, -0.1) is 0 Å². The highest BCUT2D eigenvalue weighted by molar-refractivity contribution is 9.09. The van der Waals surface area contributed by atoms with Crippen LogP contribution in [0.2, 0.25) is 0 Å². The second-order valence-electron chi connectivity index (χ2n) is 4.60. The second kappa shape index (κ2) is 5.96. The zero-order chi connectivity index (χ0) is 10.0. The number of hydrogen-bond acceptors (Lipinski definition) is 2. The molecule has 3 fully saturated rings. The highest BCUT2D eigenvalue weighted by Crippen LogP contribution is 2.29. The van der Waals surface area contributed by atoms with E-state index in [9.17, 15) is 0 Å². The van der Waals surface area contributed by atoms with E-state index in [0.29, 0.717) is 4.95 Å². The van der Waals surface area contributed by atoms with E-state index in [0.717, 1.165) is 13.0 Å². The van der Waals surface area contributed by atoms with Crippen molar-refractivity contribution < 1.29 is 21.5 Å². The van der Waals surface area contributed by atoms with Crippen molar-refractivity contribution in [3.05, 3.63) is 0 Å². The lowest BCUT2D eigenvalue weighted by Gasteiger charge is -2.53. The Hall–Kier alpha value is 0.840. The van der Waals surface area contributed by atoms with Crippen LogP contribution in [-0.4, -0.2) is 60.1 Å². The third-order valence-electron chi connectivity index (χ3n) is 3.83. The van der Waals surface area contributed by atoms with Crippen LogP contribution in [0.4, 0.5) is 0 Å². The van der Waals surface area contributed by atoms with Gasteiger partial charge in [-0.25, -0.2) is 0 Å². The van der Waals surface area contributed by atoms with E-state index >= 15 is 0 Å². The number of alkyl halides is 1. The van der Waals surface area contributed by atoms with E-state index in [1.807, 2.05) is 0 Å². The Kier molecular flexibility index (Phi) is 5.52. The minimum atomic E-state index is 0. The molecule has 5 heteroatoms. The molecule has 3 nitrogen and oxygen atoms in total. The number of piperazine rings is 3. The van der Waals surface area contributed by atoms with Crippen LogP contribution in [0, 0.1) is 0 Å². The molecule has 0 spiro atoms. The molecule has 1 atom stereocenters. The van der Waals surface area contributed by atoms with Gasteiger partial charge in [-0.05, 0) is 28.9 Å². The smallest absolute Gasteiger partial charge is 0.144 e. The molecule has 3 saturated heterocycles. The molecule has 1 unspecified atom stereocenters. The van der Waals surface area contributed by atoms with E-state index < -0.39 is 0 Å². The monoisotopic (exact) mass is 341 g/mol. The molecule has 0 aromatic rings. The lowest BCUT2D eigenvalue weighted by atomic mass is 10.1. The Morgan fingerprint density at radius 3 is 2.20 bits per heavy atom. The summed E-state index contributed by atoms with van der Waals surface area (Å²) in [4.78, 5) is 3.23. The molecule has 0 aromatic carbocycles. The van der Waals surface area contributed by atoms with E-state index in [2.05, 4.69) is 20.8 Å². The van der Waals surface area contributed by atoms with E-state index in [-0.39, 0.29) is 17.0 Å². The molecule has 3 aliphatic heterocycles. The molecule has 0 amide bonds. The fourth-order valence-corrected chi connectivity index (χ4v) is 3.61. The molecule has 0 aromatic heterocycles. The van der Waals surface area contributed by atoms with Crippen molar-refractivity contribution in [2.75, 3.05) is 45.8 Å². The van der Waals surface area contributed by atoms with Crippen molar-refractivity contribution in [2.24, 2.45) is 5.73 Å². The molecule has 2 bridgehead atoms. The molecule has 0 aliphatic carbocycles. The molecule has 0 radical (unpaired) electrons. The highest BCUT2D eigenvalue weighted by Gasteiger charge is 2.42. The molecule has 15 heavy (non-hydrogen) atoms. The van der Waals surface area contributed by atoms with E-state index in [4.69, 9.17) is 5.73 Å². The lowest BCUT2D eigenvalue weighted by Crippen LogP contribution is -3.00. The van der Waals surface area contributed by atoms with E-state index in [1.54, 1.807) is 0 Å².